The number of hydrogen-bond donors (Lipinski definition) is 1. The number of halogens is 2. The molecule has 30 heavy (non-hydrogen) atoms. The summed E-state index contributed by atoms with van der Waals surface area (Å²) in [7, 11) is 1.81. The summed E-state index contributed by atoms with van der Waals surface area (Å²) in [6, 6.07) is 7.61. The predicted octanol–water partition coefficient (Wildman–Crippen LogP) is 4.62. The molecule has 1 aliphatic heterocycles. The van der Waals surface area contributed by atoms with Crippen molar-refractivity contribution in [1.82, 2.24) is 24.6 Å². The third kappa shape index (κ3) is 3.50. The number of aryl methyl sites for hydroxylation is 1. The lowest BCUT2D eigenvalue weighted by Gasteiger charge is -2.31. The van der Waals surface area contributed by atoms with Crippen LogP contribution in [0.1, 0.15) is 29.9 Å². The number of nitrogens with one attached hydrogen (secondary N) is 1. The van der Waals surface area contributed by atoms with E-state index in [1.165, 1.54) is 17.0 Å². The van der Waals surface area contributed by atoms with Gasteiger partial charge in [-0.2, -0.15) is 5.10 Å². The van der Waals surface area contributed by atoms with Crippen molar-refractivity contribution in [2.75, 3.05) is 13.1 Å². The van der Waals surface area contributed by atoms with E-state index in [1.807, 2.05) is 19.3 Å². The van der Waals surface area contributed by atoms with Crippen molar-refractivity contribution in [1.29, 1.82) is 0 Å². The minimum absolute atomic E-state index is 0.215. The fourth-order valence-corrected chi connectivity index (χ4v) is 4.52. The standard InChI is InChI=1S/C23H23F2N5/c1-29-13-16(22(28-29)19-11-17(24)4-5-21(19)25)14-30-9-6-15(7-10-30)20-12-27-23-18(20)3-2-8-26-23/h2-5,8,11-13,15H,6-7,9-10,14H2,1H3,(H,26,27). The van der Waals surface area contributed by atoms with E-state index >= 15 is 0 Å². The van der Waals surface area contributed by atoms with Crippen LogP contribution in [0.5, 0.6) is 0 Å². The molecule has 0 amide bonds. The van der Waals surface area contributed by atoms with Crippen molar-refractivity contribution in [2.24, 2.45) is 7.05 Å². The van der Waals surface area contributed by atoms with Crippen molar-refractivity contribution in [3.05, 3.63) is 71.7 Å². The molecule has 5 nitrogen and oxygen atoms in total. The second-order valence-corrected chi connectivity index (χ2v) is 7.99. The number of pyridine rings is 1. The molecule has 0 spiro atoms. The molecule has 0 radical (unpaired) electrons. The highest BCUT2D eigenvalue weighted by Crippen LogP contribution is 2.34. The molecule has 0 aliphatic carbocycles. The molecular weight excluding hydrogens is 384 g/mol. The van der Waals surface area contributed by atoms with Crippen LogP contribution in [0.2, 0.25) is 0 Å². The lowest BCUT2D eigenvalue weighted by atomic mass is 9.89. The first kappa shape index (κ1) is 18.9. The fourth-order valence-electron chi connectivity index (χ4n) is 4.52. The number of H-pyrrole nitrogens is 1. The van der Waals surface area contributed by atoms with Crippen LogP contribution >= 0.6 is 0 Å². The van der Waals surface area contributed by atoms with Gasteiger partial charge in [-0.1, -0.05) is 0 Å². The summed E-state index contributed by atoms with van der Waals surface area (Å²) in [6.07, 6.45) is 7.89. The number of aromatic nitrogens is 4. The number of benzene rings is 1. The van der Waals surface area contributed by atoms with Crippen LogP contribution < -0.4 is 0 Å². The molecule has 4 heterocycles. The highest BCUT2D eigenvalue weighted by molar-refractivity contribution is 5.80. The molecule has 1 fully saturated rings. The van der Waals surface area contributed by atoms with Gasteiger partial charge in [0, 0.05) is 48.7 Å². The number of aromatic amines is 1. The van der Waals surface area contributed by atoms with Gasteiger partial charge >= 0.3 is 0 Å². The van der Waals surface area contributed by atoms with E-state index in [9.17, 15) is 8.78 Å². The Hall–Kier alpha value is -3.06. The lowest BCUT2D eigenvalue weighted by Crippen LogP contribution is -2.32. The normalized spacial score (nSPS) is 15.8. The Morgan fingerprint density at radius 1 is 1.17 bits per heavy atom. The van der Waals surface area contributed by atoms with Gasteiger partial charge in [0.1, 0.15) is 17.3 Å². The number of rotatable bonds is 4. The SMILES string of the molecule is Cn1cc(CN2CCC(c3c[nH]c4ncccc34)CC2)c(-c2cc(F)ccc2F)n1. The molecular formula is C23H23F2N5. The third-order valence-electron chi connectivity index (χ3n) is 5.99. The number of piperidine rings is 1. The summed E-state index contributed by atoms with van der Waals surface area (Å²) in [6.45, 7) is 2.55. The second-order valence-electron chi connectivity index (χ2n) is 7.99. The van der Waals surface area contributed by atoms with E-state index in [2.05, 4.69) is 32.2 Å². The zero-order chi connectivity index (χ0) is 20.7. The quantitative estimate of drug-likeness (QED) is 0.537. The van der Waals surface area contributed by atoms with E-state index in [0.29, 0.717) is 18.2 Å². The maximum absolute atomic E-state index is 14.3. The maximum Gasteiger partial charge on any atom is 0.137 e. The zero-order valence-electron chi connectivity index (χ0n) is 16.8. The molecule has 1 aliphatic rings. The molecule has 0 unspecified atom stereocenters. The van der Waals surface area contributed by atoms with Gasteiger partial charge in [-0.25, -0.2) is 13.8 Å². The summed E-state index contributed by atoms with van der Waals surface area (Å²) in [5.74, 6) is -0.423. The van der Waals surface area contributed by atoms with Crippen LogP contribution in [0.15, 0.2) is 48.9 Å². The minimum atomic E-state index is -0.461. The van der Waals surface area contributed by atoms with Crippen molar-refractivity contribution < 1.29 is 8.78 Å². The van der Waals surface area contributed by atoms with Gasteiger partial charge in [0.2, 0.25) is 0 Å². The highest BCUT2D eigenvalue weighted by Gasteiger charge is 2.24. The molecule has 7 heteroatoms. The number of nitrogens with zero attached hydrogens (tertiary/aromatic N) is 4. The molecule has 1 aromatic carbocycles. The van der Waals surface area contributed by atoms with E-state index < -0.39 is 11.6 Å². The lowest BCUT2D eigenvalue weighted by molar-refractivity contribution is 0.205. The smallest absolute Gasteiger partial charge is 0.137 e. The summed E-state index contributed by atoms with van der Waals surface area (Å²) in [5, 5.41) is 5.61. The summed E-state index contributed by atoms with van der Waals surface area (Å²) < 4.78 is 29.7. The van der Waals surface area contributed by atoms with E-state index in [0.717, 1.165) is 49.3 Å². The first-order valence-electron chi connectivity index (χ1n) is 10.2. The monoisotopic (exact) mass is 407 g/mol. The van der Waals surface area contributed by atoms with Gasteiger partial charge in [0.25, 0.3) is 0 Å². The van der Waals surface area contributed by atoms with Crippen molar-refractivity contribution in [3.63, 3.8) is 0 Å². The molecule has 5 rings (SSSR count). The number of hydrogen-bond acceptors (Lipinski definition) is 3. The van der Waals surface area contributed by atoms with E-state index in [-0.39, 0.29) is 5.56 Å². The molecule has 0 bridgehead atoms. The minimum Gasteiger partial charge on any atom is -0.346 e. The Morgan fingerprint density at radius 3 is 2.83 bits per heavy atom. The first-order chi connectivity index (χ1) is 14.6. The van der Waals surface area contributed by atoms with Crippen molar-refractivity contribution >= 4 is 11.0 Å². The molecule has 1 saturated heterocycles. The zero-order valence-corrected chi connectivity index (χ0v) is 16.8. The highest BCUT2D eigenvalue weighted by atomic mass is 19.1. The van der Waals surface area contributed by atoms with Gasteiger partial charge in [-0.15, -0.1) is 0 Å². The molecule has 4 aromatic rings. The largest absolute Gasteiger partial charge is 0.346 e. The second kappa shape index (κ2) is 7.65. The summed E-state index contributed by atoms with van der Waals surface area (Å²) >= 11 is 0. The maximum atomic E-state index is 14.3. The first-order valence-corrected chi connectivity index (χ1v) is 10.2. The summed E-state index contributed by atoms with van der Waals surface area (Å²) in [4.78, 5) is 10.0. The van der Waals surface area contributed by atoms with Crippen molar-refractivity contribution in [2.45, 2.75) is 25.3 Å². The van der Waals surface area contributed by atoms with Crippen LogP contribution in [-0.2, 0) is 13.6 Å². The topological polar surface area (TPSA) is 49.7 Å². The Labute approximate surface area is 173 Å². The van der Waals surface area contributed by atoms with E-state index in [1.54, 1.807) is 10.9 Å². The van der Waals surface area contributed by atoms with Crippen molar-refractivity contribution in [3.8, 4) is 11.3 Å². The molecule has 1 N–H and O–H groups in total. The average Bonchev–Trinajstić information content (AvgIpc) is 3.34. The summed E-state index contributed by atoms with van der Waals surface area (Å²) in [5.41, 5.74) is 3.91. The Bertz CT molecular complexity index is 1190. The number of likely N-dealkylation sites (tertiary alicyclic amines) is 1. The van der Waals surface area contributed by atoms with Gasteiger partial charge in [-0.3, -0.25) is 9.58 Å². The molecule has 0 saturated carbocycles. The van der Waals surface area contributed by atoms with Gasteiger partial charge in [-0.05, 0) is 67.7 Å². The van der Waals surface area contributed by atoms with Crippen LogP contribution in [0.25, 0.3) is 22.3 Å². The number of fused-ring (bicyclic) bond motifs is 1. The molecule has 0 atom stereocenters. The van der Waals surface area contributed by atoms with Crippen LogP contribution in [0, 0.1) is 11.6 Å². The van der Waals surface area contributed by atoms with Crippen LogP contribution in [-0.4, -0.2) is 37.7 Å². The van der Waals surface area contributed by atoms with Gasteiger partial charge < -0.3 is 4.98 Å². The Morgan fingerprint density at radius 2 is 2.00 bits per heavy atom. The fraction of sp³-hybridized carbons (Fsp3) is 0.304. The Kier molecular flexibility index (Phi) is 4.83. The third-order valence-corrected chi connectivity index (χ3v) is 5.99. The molecule has 3 aromatic heterocycles. The average molecular weight is 407 g/mol. The van der Waals surface area contributed by atoms with E-state index in [4.69, 9.17) is 0 Å². The van der Waals surface area contributed by atoms with Crippen LogP contribution in [0.4, 0.5) is 8.78 Å². The predicted molar refractivity (Wildman–Crippen MR) is 112 cm³/mol. The van der Waals surface area contributed by atoms with Gasteiger partial charge in [0.05, 0.1) is 5.69 Å². The Balaban J connectivity index is 1.32. The van der Waals surface area contributed by atoms with Crippen LogP contribution in [0.3, 0.4) is 0 Å². The van der Waals surface area contributed by atoms with Gasteiger partial charge in [0.15, 0.2) is 0 Å². The molecule has 154 valence electrons.